The van der Waals surface area contributed by atoms with Crippen LogP contribution in [0.3, 0.4) is 0 Å². The summed E-state index contributed by atoms with van der Waals surface area (Å²) in [5.74, 6) is -4.42. The number of benzene rings is 3. The van der Waals surface area contributed by atoms with Crippen molar-refractivity contribution in [3.63, 3.8) is 0 Å². The first kappa shape index (κ1) is 26.8. The number of hydrogen-bond donors (Lipinski definition) is 2. The van der Waals surface area contributed by atoms with Crippen LogP contribution in [-0.4, -0.2) is 36.3 Å². The molecule has 3 rings (SSSR count). The maximum absolute atomic E-state index is 11.9. The first-order valence-corrected chi connectivity index (χ1v) is 12.8. The lowest BCUT2D eigenvalue weighted by Crippen LogP contribution is -2.25. The number of carbonyl (C=O) groups is 2. The monoisotopic (exact) mass is 482 g/mol. The fraction of sp³-hybridized carbons (Fsp3) is 0.259. The lowest BCUT2D eigenvalue weighted by Gasteiger charge is -2.11. The number of sulfone groups is 1. The SMILES string of the molecule is O=C(O)CCC(CS(=O)(=O)Cc1ccccc1)C(=O)O.c1ccc(CCc2ccccc2)cc1. The molecule has 0 aliphatic heterocycles. The van der Waals surface area contributed by atoms with Gasteiger partial charge in [0.05, 0.1) is 17.4 Å². The highest BCUT2D eigenvalue weighted by molar-refractivity contribution is 7.90. The summed E-state index contributed by atoms with van der Waals surface area (Å²) in [5.41, 5.74) is 3.41. The smallest absolute Gasteiger partial charge is 0.307 e. The Bertz CT molecular complexity index is 1070. The number of rotatable bonds is 11. The van der Waals surface area contributed by atoms with Crippen LogP contribution in [0, 0.1) is 5.92 Å². The van der Waals surface area contributed by atoms with Gasteiger partial charge in [0.2, 0.25) is 0 Å². The van der Waals surface area contributed by atoms with Gasteiger partial charge in [-0.15, -0.1) is 0 Å². The van der Waals surface area contributed by atoms with Gasteiger partial charge in [-0.25, -0.2) is 8.42 Å². The van der Waals surface area contributed by atoms with Crippen LogP contribution in [0.2, 0.25) is 0 Å². The molecule has 0 aliphatic rings. The van der Waals surface area contributed by atoms with Crippen molar-refractivity contribution in [1.29, 1.82) is 0 Å². The second-order valence-electron chi connectivity index (χ2n) is 7.98. The highest BCUT2D eigenvalue weighted by Gasteiger charge is 2.26. The summed E-state index contributed by atoms with van der Waals surface area (Å²) in [7, 11) is -3.60. The van der Waals surface area contributed by atoms with Crippen LogP contribution >= 0.6 is 0 Å². The summed E-state index contributed by atoms with van der Waals surface area (Å²) in [6.07, 6.45) is 1.70. The summed E-state index contributed by atoms with van der Waals surface area (Å²) in [5, 5.41) is 17.5. The second kappa shape index (κ2) is 14.0. The third-order valence-electron chi connectivity index (χ3n) is 5.13. The molecule has 0 heterocycles. The van der Waals surface area contributed by atoms with Gasteiger partial charge in [-0.05, 0) is 36.0 Å². The molecule has 0 spiro atoms. The average Bonchev–Trinajstić information content (AvgIpc) is 2.82. The van der Waals surface area contributed by atoms with Crippen LogP contribution < -0.4 is 0 Å². The van der Waals surface area contributed by atoms with E-state index < -0.39 is 33.4 Å². The average molecular weight is 483 g/mol. The van der Waals surface area contributed by atoms with Crippen LogP contribution in [-0.2, 0) is 38.0 Å². The van der Waals surface area contributed by atoms with Crippen LogP contribution in [0.5, 0.6) is 0 Å². The molecule has 1 atom stereocenters. The van der Waals surface area contributed by atoms with Crippen molar-refractivity contribution in [1.82, 2.24) is 0 Å². The minimum atomic E-state index is -3.60. The minimum Gasteiger partial charge on any atom is -0.481 e. The van der Waals surface area contributed by atoms with Crippen LogP contribution in [0.1, 0.15) is 29.5 Å². The van der Waals surface area contributed by atoms with Gasteiger partial charge in [-0.3, -0.25) is 9.59 Å². The molecule has 0 saturated heterocycles. The molecule has 0 fully saturated rings. The van der Waals surface area contributed by atoms with Crippen molar-refractivity contribution in [2.24, 2.45) is 5.92 Å². The van der Waals surface area contributed by atoms with E-state index in [-0.39, 0.29) is 18.6 Å². The fourth-order valence-electron chi connectivity index (χ4n) is 3.35. The topological polar surface area (TPSA) is 109 Å². The van der Waals surface area contributed by atoms with E-state index in [9.17, 15) is 18.0 Å². The number of aryl methyl sites for hydroxylation is 2. The molecule has 0 aliphatic carbocycles. The zero-order valence-electron chi connectivity index (χ0n) is 18.9. The Hall–Kier alpha value is -3.45. The third kappa shape index (κ3) is 10.9. The summed E-state index contributed by atoms with van der Waals surface area (Å²) in [4.78, 5) is 21.4. The first-order valence-electron chi connectivity index (χ1n) is 11.0. The molecule has 0 bridgehead atoms. The number of hydrogen-bond acceptors (Lipinski definition) is 4. The summed E-state index contributed by atoms with van der Waals surface area (Å²) >= 11 is 0. The highest BCUT2D eigenvalue weighted by Crippen LogP contribution is 2.14. The van der Waals surface area contributed by atoms with E-state index in [1.54, 1.807) is 30.3 Å². The molecule has 7 heteroatoms. The summed E-state index contributed by atoms with van der Waals surface area (Å²) in [6.45, 7) is 0. The molecule has 0 radical (unpaired) electrons. The van der Waals surface area contributed by atoms with Gasteiger partial charge in [0, 0.05) is 6.42 Å². The normalized spacial score (nSPS) is 11.6. The predicted octanol–water partition coefficient (Wildman–Crippen LogP) is 4.64. The zero-order valence-corrected chi connectivity index (χ0v) is 19.7. The van der Waals surface area contributed by atoms with Gasteiger partial charge in [-0.1, -0.05) is 91.0 Å². The molecule has 34 heavy (non-hydrogen) atoms. The quantitative estimate of drug-likeness (QED) is 0.412. The molecule has 0 amide bonds. The largest absolute Gasteiger partial charge is 0.481 e. The Kier molecular flexibility index (Phi) is 11.0. The van der Waals surface area contributed by atoms with Crippen molar-refractivity contribution in [2.45, 2.75) is 31.4 Å². The predicted molar refractivity (Wildman–Crippen MR) is 132 cm³/mol. The van der Waals surface area contributed by atoms with Gasteiger partial charge in [0.25, 0.3) is 0 Å². The molecule has 6 nitrogen and oxygen atoms in total. The number of carboxylic acids is 2. The van der Waals surface area contributed by atoms with E-state index in [0.29, 0.717) is 5.56 Å². The van der Waals surface area contributed by atoms with Crippen molar-refractivity contribution in [2.75, 3.05) is 5.75 Å². The minimum absolute atomic E-state index is 0.196. The van der Waals surface area contributed by atoms with E-state index in [0.717, 1.165) is 12.8 Å². The van der Waals surface area contributed by atoms with E-state index in [1.165, 1.54) is 11.1 Å². The lowest BCUT2D eigenvalue weighted by molar-refractivity contribution is -0.142. The first-order chi connectivity index (χ1) is 16.2. The second-order valence-corrected chi connectivity index (χ2v) is 10.1. The molecular formula is C27H30O6S. The van der Waals surface area contributed by atoms with Gasteiger partial charge in [-0.2, -0.15) is 0 Å². The molecular weight excluding hydrogens is 452 g/mol. The zero-order chi connectivity index (χ0) is 24.8. The lowest BCUT2D eigenvalue weighted by atomic mass is 10.0. The Morgan fingerprint density at radius 2 is 1.09 bits per heavy atom. The summed E-state index contributed by atoms with van der Waals surface area (Å²) < 4.78 is 23.9. The van der Waals surface area contributed by atoms with Gasteiger partial charge in [0.15, 0.2) is 9.84 Å². The number of carboxylic acid groups (broad SMARTS) is 2. The Balaban J connectivity index is 0.000000254. The van der Waals surface area contributed by atoms with Gasteiger partial charge in [0.1, 0.15) is 0 Å². The third-order valence-corrected chi connectivity index (χ3v) is 6.81. The van der Waals surface area contributed by atoms with Crippen molar-refractivity contribution in [3.05, 3.63) is 108 Å². The Morgan fingerprint density at radius 1 is 0.676 bits per heavy atom. The van der Waals surface area contributed by atoms with Crippen molar-refractivity contribution >= 4 is 21.8 Å². The van der Waals surface area contributed by atoms with Crippen LogP contribution in [0.15, 0.2) is 91.0 Å². The molecule has 2 N–H and O–H groups in total. The Labute approximate surface area is 200 Å². The molecule has 0 saturated carbocycles. The van der Waals surface area contributed by atoms with Crippen molar-refractivity contribution in [3.8, 4) is 0 Å². The van der Waals surface area contributed by atoms with E-state index in [2.05, 4.69) is 60.7 Å². The Morgan fingerprint density at radius 3 is 1.47 bits per heavy atom. The van der Waals surface area contributed by atoms with Gasteiger partial charge < -0.3 is 10.2 Å². The molecule has 3 aromatic carbocycles. The van der Waals surface area contributed by atoms with E-state index in [1.807, 2.05) is 0 Å². The van der Waals surface area contributed by atoms with E-state index in [4.69, 9.17) is 10.2 Å². The number of aliphatic carboxylic acids is 2. The maximum Gasteiger partial charge on any atom is 0.307 e. The fourth-order valence-corrected chi connectivity index (χ4v) is 5.09. The highest BCUT2D eigenvalue weighted by atomic mass is 32.2. The van der Waals surface area contributed by atoms with Crippen LogP contribution in [0.4, 0.5) is 0 Å². The summed E-state index contributed by atoms with van der Waals surface area (Å²) in [6, 6.07) is 29.7. The maximum atomic E-state index is 11.9. The molecule has 0 aromatic heterocycles. The molecule has 3 aromatic rings. The van der Waals surface area contributed by atoms with Gasteiger partial charge >= 0.3 is 11.9 Å². The molecule has 180 valence electrons. The van der Waals surface area contributed by atoms with Crippen LogP contribution in [0.25, 0.3) is 0 Å². The molecule has 1 unspecified atom stereocenters. The van der Waals surface area contributed by atoms with Crippen molar-refractivity contribution < 1.29 is 28.2 Å². The van der Waals surface area contributed by atoms with E-state index >= 15 is 0 Å². The standard InChI is InChI=1S/C14H14.C13H16O6S/c1-3-7-13(8-4-1)11-12-14-9-5-2-6-10-14;14-12(15)7-6-11(13(16)17)9-20(18,19)8-10-4-2-1-3-5-10/h1-10H,11-12H2;1-5,11H,6-9H2,(H,14,15)(H,16,17).